The second kappa shape index (κ2) is 7.50. The van der Waals surface area contributed by atoms with Crippen LogP contribution in [0.2, 0.25) is 5.02 Å². The molecule has 3 aromatic rings. The topological polar surface area (TPSA) is 78.9 Å². The highest BCUT2D eigenvalue weighted by Crippen LogP contribution is 2.36. The van der Waals surface area contributed by atoms with Gasteiger partial charge < -0.3 is 10.8 Å². The summed E-state index contributed by atoms with van der Waals surface area (Å²) in [5.41, 5.74) is 10.0. The minimum atomic E-state index is -0.677. The number of phenolic OH excluding ortho intramolecular Hbond substituents is 1. The fraction of sp³-hybridized carbons (Fsp3) is 0.167. The Morgan fingerprint density at radius 1 is 1.00 bits per heavy atom. The van der Waals surface area contributed by atoms with E-state index in [-0.39, 0.29) is 24.0 Å². The number of aliphatic imine (C=N–C) groups is 1. The Labute approximate surface area is 180 Å². The Morgan fingerprint density at radius 2 is 1.60 bits per heavy atom. The van der Waals surface area contributed by atoms with Crippen LogP contribution in [0.25, 0.3) is 22.3 Å². The minimum Gasteiger partial charge on any atom is -0.508 e. The maximum atomic E-state index is 12.2. The van der Waals surface area contributed by atoms with Gasteiger partial charge in [-0.1, -0.05) is 54.1 Å². The molecule has 4 rings (SSSR count). The van der Waals surface area contributed by atoms with Gasteiger partial charge in [0.1, 0.15) is 5.75 Å². The Morgan fingerprint density at radius 3 is 2.23 bits per heavy atom. The first-order chi connectivity index (χ1) is 14.3. The number of carbonyl (C=O) groups is 1. The van der Waals surface area contributed by atoms with E-state index < -0.39 is 5.54 Å². The first-order valence-corrected chi connectivity index (χ1v) is 9.96. The number of phenols is 1. The van der Waals surface area contributed by atoms with Gasteiger partial charge in [-0.15, -0.1) is 0 Å². The number of halogens is 1. The molecule has 0 spiro atoms. The molecule has 152 valence electrons. The van der Waals surface area contributed by atoms with Gasteiger partial charge in [0.2, 0.25) is 5.91 Å². The van der Waals surface area contributed by atoms with Gasteiger partial charge in [0, 0.05) is 17.6 Å². The number of carbonyl (C=O) groups excluding carboxylic acids is 1. The standard InChI is InChI=1S/C24H22ClN3O2/c1-24(14-22(30)28(2)23(26)27-24)18-8-3-15(4-9-18)17-7-12-21(25)20(13-17)16-5-10-19(29)11-6-16/h3-13,29H,14H2,1-2H3,(H2,26,27). The van der Waals surface area contributed by atoms with E-state index in [1.807, 2.05) is 61.5 Å². The number of hydrogen-bond donors (Lipinski definition) is 2. The summed E-state index contributed by atoms with van der Waals surface area (Å²) in [6.45, 7) is 1.92. The van der Waals surface area contributed by atoms with E-state index in [2.05, 4.69) is 4.99 Å². The predicted molar refractivity (Wildman–Crippen MR) is 120 cm³/mol. The number of rotatable bonds is 3. The first kappa shape index (κ1) is 20.0. The molecule has 1 unspecified atom stereocenters. The normalized spacial score (nSPS) is 19.0. The lowest BCUT2D eigenvalue weighted by Gasteiger charge is -2.33. The second-order valence-corrected chi connectivity index (χ2v) is 8.10. The van der Waals surface area contributed by atoms with Crippen molar-refractivity contribution < 1.29 is 9.90 Å². The summed E-state index contributed by atoms with van der Waals surface area (Å²) in [6, 6.07) is 20.8. The van der Waals surface area contributed by atoms with Crippen LogP contribution in [0.3, 0.4) is 0 Å². The molecule has 0 aliphatic carbocycles. The molecule has 6 heteroatoms. The fourth-order valence-electron chi connectivity index (χ4n) is 3.66. The van der Waals surface area contributed by atoms with Crippen molar-refractivity contribution in [3.8, 4) is 28.0 Å². The van der Waals surface area contributed by atoms with Crippen LogP contribution in [0.4, 0.5) is 0 Å². The summed E-state index contributed by atoms with van der Waals surface area (Å²) in [5.74, 6) is 0.394. The Hall–Kier alpha value is -3.31. The summed E-state index contributed by atoms with van der Waals surface area (Å²) in [6.07, 6.45) is 0.273. The van der Waals surface area contributed by atoms with E-state index in [4.69, 9.17) is 17.3 Å². The maximum Gasteiger partial charge on any atom is 0.231 e. The molecular weight excluding hydrogens is 398 g/mol. The van der Waals surface area contributed by atoms with Gasteiger partial charge in [0.05, 0.1) is 12.0 Å². The highest BCUT2D eigenvalue weighted by atomic mass is 35.5. The van der Waals surface area contributed by atoms with Crippen molar-refractivity contribution in [3.05, 3.63) is 77.3 Å². The van der Waals surface area contributed by atoms with Gasteiger partial charge >= 0.3 is 0 Å². The van der Waals surface area contributed by atoms with Crippen molar-refractivity contribution in [3.63, 3.8) is 0 Å². The van der Waals surface area contributed by atoms with E-state index in [9.17, 15) is 9.90 Å². The Kier molecular flexibility index (Phi) is 5.00. The average molecular weight is 420 g/mol. The van der Waals surface area contributed by atoms with Crippen LogP contribution in [-0.4, -0.2) is 28.9 Å². The largest absolute Gasteiger partial charge is 0.508 e. The monoisotopic (exact) mass is 419 g/mol. The molecule has 0 radical (unpaired) electrons. The van der Waals surface area contributed by atoms with Crippen LogP contribution in [-0.2, 0) is 10.3 Å². The minimum absolute atomic E-state index is 0.0506. The molecule has 1 atom stereocenters. The number of benzene rings is 3. The zero-order chi connectivity index (χ0) is 21.5. The lowest BCUT2D eigenvalue weighted by molar-refractivity contribution is -0.128. The van der Waals surface area contributed by atoms with Gasteiger partial charge in [-0.3, -0.25) is 9.69 Å². The van der Waals surface area contributed by atoms with Crippen molar-refractivity contribution in [2.45, 2.75) is 18.9 Å². The molecule has 1 amide bonds. The van der Waals surface area contributed by atoms with Crippen LogP contribution in [0, 0.1) is 0 Å². The summed E-state index contributed by atoms with van der Waals surface area (Å²) in [5, 5.41) is 10.2. The van der Waals surface area contributed by atoms with Gasteiger partial charge in [-0.05, 0) is 53.4 Å². The van der Waals surface area contributed by atoms with Crippen molar-refractivity contribution in [2.24, 2.45) is 10.7 Å². The third-order valence-corrected chi connectivity index (χ3v) is 5.89. The molecule has 0 bridgehead atoms. The van der Waals surface area contributed by atoms with Crippen molar-refractivity contribution in [1.29, 1.82) is 0 Å². The van der Waals surface area contributed by atoms with Crippen LogP contribution in [0.1, 0.15) is 18.9 Å². The van der Waals surface area contributed by atoms with E-state index in [1.165, 1.54) is 4.90 Å². The second-order valence-electron chi connectivity index (χ2n) is 7.69. The number of hydrogen-bond acceptors (Lipinski definition) is 4. The first-order valence-electron chi connectivity index (χ1n) is 9.58. The molecular formula is C24H22ClN3O2. The maximum absolute atomic E-state index is 12.2. The number of nitrogens with zero attached hydrogens (tertiary/aromatic N) is 2. The summed E-state index contributed by atoms with van der Waals surface area (Å²) in [7, 11) is 1.63. The molecule has 0 fully saturated rings. The van der Waals surface area contributed by atoms with Crippen LogP contribution in [0.5, 0.6) is 5.75 Å². The Balaban J connectivity index is 1.68. The number of aromatic hydroxyl groups is 1. The molecule has 3 aromatic carbocycles. The number of nitrogens with two attached hydrogens (primary N) is 1. The van der Waals surface area contributed by atoms with E-state index in [0.29, 0.717) is 5.02 Å². The summed E-state index contributed by atoms with van der Waals surface area (Å²) < 4.78 is 0. The van der Waals surface area contributed by atoms with Gasteiger partial charge in [-0.2, -0.15) is 0 Å². The fourth-order valence-corrected chi connectivity index (χ4v) is 3.89. The third kappa shape index (κ3) is 3.64. The zero-order valence-electron chi connectivity index (χ0n) is 16.8. The third-order valence-electron chi connectivity index (χ3n) is 5.56. The van der Waals surface area contributed by atoms with Gasteiger partial charge in [-0.25, -0.2) is 4.99 Å². The summed E-state index contributed by atoms with van der Waals surface area (Å²) >= 11 is 6.42. The number of amides is 1. The lowest BCUT2D eigenvalue weighted by atomic mass is 9.86. The van der Waals surface area contributed by atoms with Crippen molar-refractivity contribution in [2.75, 3.05) is 7.05 Å². The predicted octanol–water partition coefficient (Wildman–Crippen LogP) is 4.77. The zero-order valence-corrected chi connectivity index (χ0v) is 17.5. The van der Waals surface area contributed by atoms with E-state index >= 15 is 0 Å². The highest BCUT2D eigenvalue weighted by molar-refractivity contribution is 6.33. The number of guanidine groups is 1. The highest BCUT2D eigenvalue weighted by Gasteiger charge is 2.35. The molecule has 5 nitrogen and oxygen atoms in total. The molecule has 1 aliphatic rings. The van der Waals surface area contributed by atoms with Crippen molar-refractivity contribution >= 4 is 23.5 Å². The average Bonchev–Trinajstić information content (AvgIpc) is 2.73. The molecule has 1 aliphatic heterocycles. The van der Waals surface area contributed by atoms with Crippen LogP contribution < -0.4 is 5.73 Å². The van der Waals surface area contributed by atoms with E-state index in [0.717, 1.165) is 27.8 Å². The lowest BCUT2D eigenvalue weighted by Crippen LogP contribution is -2.47. The van der Waals surface area contributed by atoms with Crippen LogP contribution in [0.15, 0.2) is 71.7 Å². The Bertz CT molecular complexity index is 1140. The van der Waals surface area contributed by atoms with Gasteiger partial charge in [0.25, 0.3) is 0 Å². The summed E-state index contributed by atoms with van der Waals surface area (Å²) in [4.78, 5) is 18.2. The molecule has 3 N–H and O–H groups in total. The van der Waals surface area contributed by atoms with Gasteiger partial charge in [0.15, 0.2) is 5.96 Å². The van der Waals surface area contributed by atoms with E-state index in [1.54, 1.807) is 19.2 Å². The molecule has 30 heavy (non-hydrogen) atoms. The van der Waals surface area contributed by atoms with Crippen LogP contribution >= 0.6 is 11.6 Å². The molecule has 0 aromatic heterocycles. The molecule has 0 saturated heterocycles. The van der Waals surface area contributed by atoms with Crippen molar-refractivity contribution in [1.82, 2.24) is 4.90 Å². The molecule has 0 saturated carbocycles. The SMILES string of the molecule is CN1C(=O)CC(C)(c2ccc(-c3ccc(Cl)c(-c4ccc(O)cc4)c3)cc2)N=C1N. The quantitative estimate of drug-likeness (QED) is 0.641. The smallest absolute Gasteiger partial charge is 0.231 e. The molecule has 1 heterocycles.